The van der Waals surface area contributed by atoms with Crippen molar-refractivity contribution >= 4 is 13.7 Å². The van der Waals surface area contributed by atoms with Crippen LogP contribution in [0, 0.1) is 0 Å². The van der Waals surface area contributed by atoms with E-state index in [0.29, 0.717) is 39.5 Å². The van der Waals surface area contributed by atoms with Crippen LogP contribution in [0.15, 0.2) is 11.8 Å². The van der Waals surface area contributed by atoms with Crippen molar-refractivity contribution in [2.75, 3.05) is 39.5 Å². The van der Waals surface area contributed by atoms with Gasteiger partial charge in [0.25, 0.3) is 0 Å². The molecule has 0 aromatic carbocycles. The van der Waals surface area contributed by atoms with Crippen LogP contribution in [0.5, 0.6) is 0 Å². The third-order valence-corrected chi connectivity index (χ3v) is 4.91. The van der Waals surface area contributed by atoms with Gasteiger partial charge >= 0.3 is 7.82 Å². The van der Waals surface area contributed by atoms with E-state index in [0.717, 1.165) is 25.7 Å². The number of phosphoric ester groups is 1. The van der Waals surface area contributed by atoms with Crippen molar-refractivity contribution in [1.82, 2.24) is 4.90 Å². The fraction of sp³-hybridized carbons (Fsp3) is 0.812. The van der Waals surface area contributed by atoms with Gasteiger partial charge in [0.05, 0.1) is 26.4 Å². The second-order valence-corrected chi connectivity index (χ2v) is 7.20. The Kier molecular flexibility index (Phi) is 10.3. The maximum Gasteiger partial charge on any atom is 0.529 e. The minimum atomic E-state index is -3.69. The molecule has 1 rings (SSSR count). The number of carbonyl (C=O) groups is 1. The fourth-order valence-electron chi connectivity index (χ4n) is 1.98. The number of rotatable bonds is 11. The van der Waals surface area contributed by atoms with Gasteiger partial charge in [-0.2, -0.15) is 0 Å². The molecular weight excluding hydrogens is 333 g/mol. The van der Waals surface area contributed by atoms with Crippen LogP contribution in [-0.2, 0) is 27.7 Å². The Morgan fingerprint density at radius 2 is 1.67 bits per heavy atom. The summed E-state index contributed by atoms with van der Waals surface area (Å²) >= 11 is 0. The van der Waals surface area contributed by atoms with Crippen molar-refractivity contribution in [3.05, 3.63) is 11.8 Å². The van der Waals surface area contributed by atoms with E-state index in [4.69, 9.17) is 18.3 Å². The Labute approximate surface area is 144 Å². The molecule has 1 amide bonds. The summed E-state index contributed by atoms with van der Waals surface area (Å²) in [7, 11) is -3.69. The number of allylic oxidation sites excluding steroid dienone is 1. The molecule has 1 fully saturated rings. The van der Waals surface area contributed by atoms with Crippen LogP contribution in [0.4, 0.5) is 0 Å². The van der Waals surface area contributed by atoms with Crippen LogP contribution < -0.4 is 0 Å². The summed E-state index contributed by atoms with van der Waals surface area (Å²) in [6.07, 6.45) is 4.68. The van der Waals surface area contributed by atoms with Crippen molar-refractivity contribution < 1.29 is 27.7 Å². The SMILES string of the molecule is CCCCOP(=O)(OCCCC)OC(C)=CC(=O)N1CCOCC1. The van der Waals surface area contributed by atoms with Crippen molar-refractivity contribution in [3.8, 4) is 0 Å². The van der Waals surface area contributed by atoms with Gasteiger partial charge in [0.1, 0.15) is 5.76 Å². The maximum atomic E-state index is 12.7. The van der Waals surface area contributed by atoms with Crippen LogP contribution in [0.3, 0.4) is 0 Å². The zero-order valence-electron chi connectivity index (χ0n) is 15.0. The van der Waals surface area contributed by atoms with Crippen LogP contribution in [-0.4, -0.2) is 50.3 Å². The summed E-state index contributed by atoms with van der Waals surface area (Å²) in [4.78, 5) is 13.8. The summed E-state index contributed by atoms with van der Waals surface area (Å²) < 4.78 is 34.0. The number of nitrogens with zero attached hydrogens (tertiary/aromatic N) is 1. The molecule has 0 N–H and O–H groups in total. The van der Waals surface area contributed by atoms with Crippen LogP contribution >= 0.6 is 7.82 Å². The van der Waals surface area contributed by atoms with E-state index in [1.54, 1.807) is 11.8 Å². The molecule has 0 bridgehead atoms. The average Bonchev–Trinajstić information content (AvgIpc) is 2.56. The summed E-state index contributed by atoms with van der Waals surface area (Å²) in [5.41, 5.74) is 0. The maximum absolute atomic E-state index is 12.7. The molecule has 1 aliphatic rings. The molecule has 0 saturated carbocycles. The van der Waals surface area contributed by atoms with E-state index in [2.05, 4.69) is 0 Å². The Bertz CT molecular complexity index is 434. The normalized spacial score (nSPS) is 16.3. The summed E-state index contributed by atoms with van der Waals surface area (Å²) in [5.74, 6) is 0.0345. The van der Waals surface area contributed by atoms with Crippen molar-refractivity contribution in [2.24, 2.45) is 0 Å². The highest BCUT2D eigenvalue weighted by molar-refractivity contribution is 7.48. The lowest BCUT2D eigenvalue weighted by molar-refractivity contribution is -0.130. The predicted molar refractivity (Wildman–Crippen MR) is 91.6 cm³/mol. The highest BCUT2D eigenvalue weighted by Crippen LogP contribution is 2.51. The molecule has 1 heterocycles. The Hall–Kier alpha value is -0.880. The molecule has 24 heavy (non-hydrogen) atoms. The molecule has 1 saturated heterocycles. The Balaban J connectivity index is 2.62. The Morgan fingerprint density at radius 3 is 2.17 bits per heavy atom. The first-order valence-electron chi connectivity index (χ1n) is 8.64. The molecule has 0 aromatic heterocycles. The molecule has 1 aliphatic heterocycles. The second kappa shape index (κ2) is 11.6. The van der Waals surface area contributed by atoms with Crippen molar-refractivity contribution in [3.63, 3.8) is 0 Å². The van der Waals surface area contributed by atoms with E-state index >= 15 is 0 Å². The molecular formula is C16H30NO6P. The summed E-state index contributed by atoms with van der Waals surface area (Å²) in [6.45, 7) is 8.34. The first kappa shape index (κ1) is 21.2. The molecule has 0 spiro atoms. The third kappa shape index (κ3) is 8.29. The van der Waals surface area contributed by atoms with E-state index < -0.39 is 7.82 Å². The molecule has 0 aromatic rings. The predicted octanol–water partition coefficient (Wildman–Crippen LogP) is 3.51. The first-order valence-corrected chi connectivity index (χ1v) is 10.1. The number of unbranched alkanes of at least 4 members (excludes halogenated alkanes) is 2. The number of carbonyl (C=O) groups excluding carboxylic acids is 1. The smallest absolute Gasteiger partial charge is 0.409 e. The number of hydrogen-bond donors (Lipinski definition) is 0. The number of amides is 1. The third-order valence-electron chi connectivity index (χ3n) is 3.40. The Morgan fingerprint density at radius 1 is 1.12 bits per heavy atom. The minimum absolute atomic E-state index is 0.190. The van der Waals surface area contributed by atoms with E-state index in [1.807, 2.05) is 13.8 Å². The molecule has 7 nitrogen and oxygen atoms in total. The van der Waals surface area contributed by atoms with Crippen molar-refractivity contribution in [1.29, 1.82) is 0 Å². The van der Waals surface area contributed by atoms with Crippen molar-refractivity contribution in [2.45, 2.75) is 46.5 Å². The lowest BCUT2D eigenvalue weighted by Gasteiger charge is -2.26. The quantitative estimate of drug-likeness (QED) is 0.242. The first-order chi connectivity index (χ1) is 11.5. The molecule has 8 heteroatoms. The van der Waals surface area contributed by atoms with Gasteiger partial charge in [-0.15, -0.1) is 0 Å². The van der Waals surface area contributed by atoms with Crippen LogP contribution in [0.25, 0.3) is 0 Å². The number of ether oxygens (including phenoxy) is 1. The standard InChI is InChI=1S/C16H30NO6P/c1-4-6-10-21-24(19,22-11-7-5-2)23-15(3)14-16(18)17-8-12-20-13-9-17/h14H,4-13H2,1-3H3. The fourth-order valence-corrected chi connectivity index (χ4v) is 3.27. The van der Waals surface area contributed by atoms with E-state index in [-0.39, 0.29) is 11.7 Å². The highest BCUT2D eigenvalue weighted by Gasteiger charge is 2.28. The number of morpholine rings is 1. The zero-order valence-corrected chi connectivity index (χ0v) is 15.9. The van der Waals surface area contributed by atoms with Crippen LogP contribution in [0.1, 0.15) is 46.5 Å². The van der Waals surface area contributed by atoms with Gasteiger partial charge in [0, 0.05) is 19.2 Å². The number of hydrogen-bond acceptors (Lipinski definition) is 6. The largest absolute Gasteiger partial charge is 0.529 e. The monoisotopic (exact) mass is 363 g/mol. The van der Waals surface area contributed by atoms with Gasteiger partial charge < -0.3 is 14.2 Å². The molecule has 0 aliphatic carbocycles. The lowest BCUT2D eigenvalue weighted by Crippen LogP contribution is -2.39. The van der Waals surface area contributed by atoms with Gasteiger partial charge in [0.15, 0.2) is 0 Å². The molecule has 0 atom stereocenters. The molecule has 140 valence electrons. The van der Waals surface area contributed by atoms with Gasteiger partial charge in [-0.1, -0.05) is 26.7 Å². The van der Waals surface area contributed by atoms with Gasteiger partial charge in [-0.05, 0) is 19.8 Å². The van der Waals surface area contributed by atoms with Gasteiger partial charge in [0.2, 0.25) is 5.91 Å². The zero-order chi connectivity index (χ0) is 17.8. The summed E-state index contributed by atoms with van der Waals surface area (Å²) in [5, 5.41) is 0. The lowest BCUT2D eigenvalue weighted by atomic mass is 10.3. The topological polar surface area (TPSA) is 74.3 Å². The second-order valence-electron chi connectivity index (χ2n) is 5.60. The van der Waals surface area contributed by atoms with E-state index in [9.17, 15) is 9.36 Å². The highest BCUT2D eigenvalue weighted by atomic mass is 31.2. The van der Waals surface area contributed by atoms with Gasteiger partial charge in [-0.25, -0.2) is 4.57 Å². The van der Waals surface area contributed by atoms with E-state index in [1.165, 1.54) is 6.08 Å². The van der Waals surface area contributed by atoms with Gasteiger partial charge in [-0.3, -0.25) is 13.8 Å². The minimum Gasteiger partial charge on any atom is -0.409 e. The average molecular weight is 363 g/mol. The van der Waals surface area contributed by atoms with Crippen LogP contribution in [0.2, 0.25) is 0 Å². The number of phosphoric acid groups is 1. The summed E-state index contributed by atoms with van der Waals surface area (Å²) in [6, 6.07) is 0. The molecule has 0 unspecified atom stereocenters. The molecule has 0 radical (unpaired) electrons.